The number of methoxy groups -OCH3 is 1. The maximum atomic E-state index is 12.6. The van der Waals surface area contributed by atoms with Gasteiger partial charge in [0.2, 0.25) is 0 Å². The van der Waals surface area contributed by atoms with Gasteiger partial charge in [0.15, 0.2) is 0 Å². The molecule has 0 aromatic heterocycles. The molecule has 0 spiro atoms. The van der Waals surface area contributed by atoms with Crippen molar-refractivity contribution in [2.24, 2.45) is 5.92 Å². The Balaban J connectivity index is 2.15. The maximum absolute atomic E-state index is 12.6. The number of carbonyl (C=O) groups is 1. The molecule has 1 aromatic carbocycles. The topological polar surface area (TPSA) is 71.3 Å². The molecule has 0 unspecified atom stereocenters. The molecule has 0 saturated heterocycles. The monoisotopic (exact) mass is 302 g/mol. The highest BCUT2D eigenvalue weighted by Crippen LogP contribution is 2.42. The van der Waals surface area contributed by atoms with E-state index in [1.54, 1.807) is 18.2 Å². The third-order valence-electron chi connectivity index (χ3n) is 3.99. The summed E-state index contributed by atoms with van der Waals surface area (Å²) in [6.45, 7) is 4.44. The third kappa shape index (κ3) is 3.40. The van der Waals surface area contributed by atoms with E-state index >= 15 is 0 Å². The number of ether oxygens (including phenoxy) is 2. The van der Waals surface area contributed by atoms with Crippen molar-refractivity contribution in [2.75, 3.05) is 19.0 Å². The Hall–Kier alpha value is -2.06. The second-order valence-electron chi connectivity index (χ2n) is 5.71. The van der Waals surface area contributed by atoms with E-state index in [2.05, 4.69) is 11.4 Å². The van der Waals surface area contributed by atoms with E-state index in [9.17, 15) is 4.79 Å². The molecule has 0 bridgehead atoms. The van der Waals surface area contributed by atoms with Gasteiger partial charge in [0.25, 0.3) is 5.91 Å². The Morgan fingerprint density at radius 3 is 2.77 bits per heavy atom. The number of hydrogen-bond acceptors (Lipinski definition) is 4. The second-order valence-corrected chi connectivity index (χ2v) is 5.71. The van der Waals surface area contributed by atoms with E-state index < -0.39 is 5.60 Å². The highest BCUT2D eigenvalue weighted by atomic mass is 16.5. The lowest BCUT2D eigenvalue weighted by Crippen LogP contribution is -2.45. The van der Waals surface area contributed by atoms with Gasteiger partial charge in [0, 0.05) is 12.3 Å². The van der Waals surface area contributed by atoms with Crippen LogP contribution in [-0.4, -0.2) is 25.2 Å². The molecule has 0 heterocycles. The molecule has 5 nitrogen and oxygen atoms in total. The molecule has 118 valence electrons. The summed E-state index contributed by atoms with van der Waals surface area (Å²) in [7, 11) is 1.51. The standard InChI is InChI=1S/C17H22N2O3/c1-4-9-22-17(2,13-5-6-13)16(20)19-14-7-8-15(21-3)12(10-14)11-18/h7-8,10,13H,4-6,9H2,1-3H3,(H,19,20)/t17-/m0/s1. The summed E-state index contributed by atoms with van der Waals surface area (Å²) in [5, 5.41) is 12.0. The van der Waals surface area contributed by atoms with E-state index in [1.165, 1.54) is 7.11 Å². The highest BCUT2D eigenvalue weighted by molar-refractivity contribution is 5.97. The molecule has 5 heteroatoms. The first kappa shape index (κ1) is 16.3. The van der Waals surface area contributed by atoms with Gasteiger partial charge in [-0.25, -0.2) is 0 Å². The van der Waals surface area contributed by atoms with Gasteiger partial charge >= 0.3 is 0 Å². The molecule has 2 rings (SSSR count). The Morgan fingerprint density at radius 1 is 1.50 bits per heavy atom. The fourth-order valence-electron chi connectivity index (χ4n) is 2.45. The molecule has 1 fully saturated rings. The quantitative estimate of drug-likeness (QED) is 0.840. The predicted molar refractivity (Wildman–Crippen MR) is 83.7 cm³/mol. The first-order chi connectivity index (χ1) is 10.5. The van der Waals surface area contributed by atoms with E-state index in [0.717, 1.165) is 19.3 Å². The SMILES string of the molecule is CCCO[C@](C)(C(=O)Nc1ccc(OC)c(C#N)c1)C1CC1. The normalized spacial score (nSPS) is 16.5. The van der Waals surface area contributed by atoms with Crippen molar-refractivity contribution in [1.82, 2.24) is 0 Å². The number of amides is 1. The van der Waals surface area contributed by atoms with Gasteiger partial charge in [0.1, 0.15) is 17.4 Å². The van der Waals surface area contributed by atoms with Crippen LogP contribution in [0, 0.1) is 17.2 Å². The molecule has 1 atom stereocenters. The highest BCUT2D eigenvalue weighted by Gasteiger charge is 2.48. The minimum atomic E-state index is -0.803. The Kier molecular flexibility index (Phi) is 5.04. The maximum Gasteiger partial charge on any atom is 0.256 e. The molecule has 1 amide bonds. The summed E-state index contributed by atoms with van der Waals surface area (Å²) in [4.78, 5) is 12.6. The molecule has 1 N–H and O–H groups in total. The van der Waals surface area contributed by atoms with Crippen molar-refractivity contribution in [3.8, 4) is 11.8 Å². The Morgan fingerprint density at radius 2 is 2.23 bits per heavy atom. The van der Waals surface area contributed by atoms with Crippen molar-refractivity contribution < 1.29 is 14.3 Å². The Labute approximate surface area is 131 Å². The lowest BCUT2D eigenvalue weighted by molar-refractivity contribution is -0.142. The predicted octanol–water partition coefficient (Wildman–Crippen LogP) is 3.10. The van der Waals surface area contributed by atoms with Gasteiger partial charge in [-0.05, 0) is 50.3 Å². The van der Waals surface area contributed by atoms with Crippen LogP contribution in [-0.2, 0) is 9.53 Å². The lowest BCUT2D eigenvalue weighted by Gasteiger charge is -2.28. The smallest absolute Gasteiger partial charge is 0.256 e. The largest absolute Gasteiger partial charge is 0.495 e. The number of carbonyl (C=O) groups excluding carboxylic acids is 1. The summed E-state index contributed by atoms with van der Waals surface area (Å²) in [5.74, 6) is 0.609. The summed E-state index contributed by atoms with van der Waals surface area (Å²) in [6, 6.07) is 7.08. The minimum absolute atomic E-state index is 0.155. The molecule has 1 saturated carbocycles. The van der Waals surface area contributed by atoms with Crippen molar-refractivity contribution in [1.29, 1.82) is 5.26 Å². The third-order valence-corrected chi connectivity index (χ3v) is 3.99. The van der Waals surface area contributed by atoms with Crippen LogP contribution in [0.3, 0.4) is 0 Å². The summed E-state index contributed by atoms with van der Waals surface area (Å²) < 4.78 is 10.9. The van der Waals surface area contributed by atoms with Crippen LogP contribution in [0.5, 0.6) is 5.75 Å². The van der Waals surface area contributed by atoms with Crippen molar-refractivity contribution >= 4 is 11.6 Å². The average molecular weight is 302 g/mol. The van der Waals surface area contributed by atoms with Crippen LogP contribution in [0.1, 0.15) is 38.7 Å². The lowest BCUT2D eigenvalue weighted by atomic mass is 9.98. The second kappa shape index (κ2) is 6.80. The van der Waals surface area contributed by atoms with E-state index in [-0.39, 0.29) is 11.8 Å². The summed E-state index contributed by atoms with van der Waals surface area (Å²) in [6.07, 6.45) is 2.90. The van der Waals surface area contributed by atoms with Gasteiger partial charge in [-0.2, -0.15) is 5.26 Å². The van der Waals surface area contributed by atoms with Crippen molar-refractivity contribution in [3.63, 3.8) is 0 Å². The zero-order valence-electron chi connectivity index (χ0n) is 13.3. The fraction of sp³-hybridized carbons (Fsp3) is 0.529. The van der Waals surface area contributed by atoms with Gasteiger partial charge in [-0.1, -0.05) is 6.92 Å². The van der Waals surface area contributed by atoms with Crippen LogP contribution in [0.2, 0.25) is 0 Å². The van der Waals surface area contributed by atoms with E-state index in [4.69, 9.17) is 14.7 Å². The van der Waals surface area contributed by atoms with Gasteiger partial charge < -0.3 is 14.8 Å². The number of hydrogen-bond donors (Lipinski definition) is 1. The number of benzene rings is 1. The molecule has 1 aliphatic carbocycles. The summed E-state index contributed by atoms with van der Waals surface area (Å²) in [5.41, 5.74) is 0.167. The average Bonchev–Trinajstić information content (AvgIpc) is 3.37. The molecule has 1 aromatic rings. The fourth-order valence-corrected chi connectivity index (χ4v) is 2.45. The van der Waals surface area contributed by atoms with Crippen molar-refractivity contribution in [3.05, 3.63) is 23.8 Å². The molecular formula is C17H22N2O3. The summed E-state index contributed by atoms with van der Waals surface area (Å²) >= 11 is 0. The van der Waals surface area contributed by atoms with E-state index in [0.29, 0.717) is 23.6 Å². The van der Waals surface area contributed by atoms with Gasteiger partial charge in [0.05, 0.1) is 12.7 Å². The molecule has 1 aliphatic rings. The zero-order chi connectivity index (χ0) is 16.2. The van der Waals surface area contributed by atoms with E-state index in [1.807, 2.05) is 13.8 Å². The van der Waals surface area contributed by atoms with Crippen molar-refractivity contribution in [2.45, 2.75) is 38.7 Å². The number of nitrogens with zero attached hydrogens (tertiary/aromatic N) is 1. The van der Waals surface area contributed by atoms with Crippen LogP contribution < -0.4 is 10.1 Å². The number of nitrogens with one attached hydrogen (secondary N) is 1. The van der Waals surface area contributed by atoms with Crippen LogP contribution in [0.15, 0.2) is 18.2 Å². The van der Waals surface area contributed by atoms with Crippen LogP contribution in [0.25, 0.3) is 0 Å². The zero-order valence-corrected chi connectivity index (χ0v) is 13.3. The van der Waals surface area contributed by atoms with Gasteiger partial charge in [-0.15, -0.1) is 0 Å². The number of rotatable bonds is 7. The molecular weight excluding hydrogens is 280 g/mol. The molecule has 0 radical (unpaired) electrons. The Bertz CT molecular complexity index is 590. The van der Waals surface area contributed by atoms with Crippen LogP contribution in [0.4, 0.5) is 5.69 Å². The molecule has 0 aliphatic heterocycles. The number of anilines is 1. The first-order valence-electron chi connectivity index (χ1n) is 7.58. The first-order valence-corrected chi connectivity index (χ1v) is 7.58. The van der Waals surface area contributed by atoms with Crippen LogP contribution >= 0.6 is 0 Å². The molecule has 22 heavy (non-hydrogen) atoms. The number of nitriles is 1. The van der Waals surface area contributed by atoms with Gasteiger partial charge in [-0.3, -0.25) is 4.79 Å². The minimum Gasteiger partial charge on any atom is -0.495 e.